The molecule has 1 atom stereocenters. The SMILES string of the molecule is CCCCCCCCCCCC(O)C=CCc1ccccc1N=Nc1ccc(O)cc1. The van der Waals surface area contributed by atoms with Gasteiger partial charge in [0.05, 0.1) is 17.5 Å². The minimum absolute atomic E-state index is 0.213. The fraction of sp³-hybridized carbons (Fsp3) is 0.481. The number of phenolic OH excluding ortho intramolecular Hbond substituents is 1. The zero-order valence-electron chi connectivity index (χ0n) is 18.9. The number of hydrogen-bond donors (Lipinski definition) is 2. The van der Waals surface area contributed by atoms with Crippen molar-refractivity contribution in [2.75, 3.05) is 0 Å². The van der Waals surface area contributed by atoms with Gasteiger partial charge in [-0.15, -0.1) is 0 Å². The van der Waals surface area contributed by atoms with Gasteiger partial charge < -0.3 is 10.2 Å². The minimum Gasteiger partial charge on any atom is -0.508 e. The van der Waals surface area contributed by atoms with Crippen LogP contribution >= 0.6 is 0 Å². The fourth-order valence-electron chi connectivity index (χ4n) is 3.52. The Morgan fingerprint density at radius 2 is 1.45 bits per heavy atom. The number of allylic oxidation sites excluding steroid dienone is 1. The van der Waals surface area contributed by atoms with Gasteiger partial charge in [0, 0.05) is 0 Å². The summed E-state index contributed by atoms with van der Waals surface area (Å²) in [6.07, 6.45) is 16.7. The Hall–Kier alpha value is -2.46. The molecule has 4 heteroatoms. The van der Waals surface area contributed by atoms with Crippen molar-refractivity contribution < 1.29 is 10.2 Å². The van der Waals surface area contributed by atoms with Gasteiger partial charge in [-0.3, -0.25) is 0 Å². The summed E-state index contributed by atoms with van der Waals surface area (Å²) in [5.74, 6) is 0.213. The number of phenols is 1. The van der Waals surface area contributed by atoms with E-state index in [0.717, 1.165) is 24.1 Å². The van der Waals surface area contributed by atoms with Crippen LogP contribution in [-0.4, -0.2) is 16.3 Å². The van der Waals surface area contributed by atoms with E-state index in [1.807, 2.05) is 36.4 Å². The molecule has 0 aliphatic carbocycles. The topological polar surface area (TPSA) is 65.2 Å². The lowest BCUT2D eigenvalue weighted by Crippen LogP contribution is -2.01. The Kier molecular flexibility index (Phi) is 12.3. The highest BCUT2D eigenvalue weighted by atomic mass is 16.3. The summed E-state index contributed by atoms with van der Waals surface area (Å²) in [6, 6.07) is 14.5. The van der Waals surface area contributed by atoms with Crippen LogP contribution in [0.4, 0.5) is 11.4 Å². The van der Waals surface area contributed by atoms with Crippen LogP contribution in [-0.2, 0) is 6.42 Å². The van der Waals surface area contributed by atoms with E-state index in [9.17, 15) is 10.2 Å². The molecule has 0 heterocycles. The van der Waals surface area contributed by atoms with E-state index in [0.29, 0.717) is 12.1 Å². The predicted molar refractivity (Wildman–Crippen MR) is 129 cm³/mol. The lowest BCUT2D eigenvalue weighted by atomic mass is 10.0. The normalized spacial score (nSPS) is 12.7. The van der Waals surface area contributed by atoms with E-state index < -0.39 is 0 Å². The molecular formula is C27H38N2O2. The van der Waals surface area contributed by atoms with Crippen molar-refractivity contribution in [2.45, 2.75) is 83.7 Å². The van der Waals surface area contributed by atoms with Crippen molar-refractivity contribution in [1.82, 2.24) is 0 Å². The maximum absolute atomic E-state index is 10.2. The second-order valence-electron chi connectivity index (χ2n) is 8.16. The Bertz CT molecular complexity index is 784. The first-order valence-electron chi connectivity index (χ1n) is 11.8. The van der Waals surface area contributed by atoms with Crippen molar-refractivity contribution in [1.29, 1.82) is 0 Å². The molecule has 0 radical (unpaired) electrons. The van der Waals surface area contributed by atoms with Gasteiger partial charge in [0.2, 0.25) is 0 Å². The van der Waals surface area contributed by atoms with Crippen LogP contribution in [0.2, 0.25) is 0 Å². The molecule has 2 aromatic carbocycles. The van der Waals surface area contributed by atoms with Gasteiger partial charge in [-0.1, -0.05) is 95.1 Å². The zero-order chi connectivity index (χ0) is 22.2. The Labute approximate surface area is 187 Å². The molecule has 0 saturated heterocycles. The molecule has 0 spiro atoms. The van der Waals surface area contributed by atoms with E-state index in [4.69, 9.17) is 0 Å². The van der Waals surface area contributed by atoms with Gasteiger partial charge in [-0.2, -0.15) is 10.2 Å². The van der Waals surface area contributed by atoms with E-state index >= 15 is 0 Å². The van der Waals surface area contributed by atoms with Crippen molar-refractivity contribution >= 4 is 11.4 Å². The summed E-state index contributed by atoms with van der Waals surface area (Å²) in [6.45, 7) is 2.25. The lowest BCUT2D eigenvalue weighted by Gasteiger charge is -2.06. The molecule has 2 aromatic rings. The molecule has 0 bridgehead atoms. The third kappa shape index (κ3) is 10.9. The third-order valence-corrected chi connectivity index (χ3v) is 5.41. The number of aromatic hydroxyl groups is 1. The first kappa shape index (κ1) is 24.8. The summed E-state index contributed by atoms with van der Waals surface area (Å²) in [4.78, 5) is 0. The summed E-state index contributed by atoms with van der Waals surface area (Å²) < 4.78 is 0. The van der Waals surface area contributed by atoms with Gasteiger partial charge >= 0.3 is 0 Å². The molecular weight excluding hydrogens is 384 g/mol. The fourth-order valence-corrected chi connectivity index (χ4v) is 3.52. The number of rotatable bonds is 15. The monoisotopic (exact) mass is 422 g/mol. The molecule has 2 rings (SSSR count). The first-order chi connectivity index (χ1) is 15.2. The Balaban J connectivity index is 1.69. The quantitative estimate of drug-likeness (QED) is 0.173. The number of benzene rings is 2. The Morgan fingerprint density at radius 1 is 0.806 bits per heavy atom. The second kappa shape index (κ2) is 15.4. The third-order valence-electron chi connectivity index (χ3n) is 5.41. The van der Waals surface area contributed by atoms with E-state index in [1.54, 1.807) is 24.3 Å². The van der Waals surface area contributed by atoms with Crippen molar-refractivity contribution in [3.05, 3.63) is 66.2 Å². The van der Waals surface area contributed by atoms with Crippen LogP contribution in [0, 0.1) is 0 Å². The number of aliphatic hydroxyl groups excluding tert-OH is 1. The van der Waals surface area contributed by atoms with Crippen molar-refractivity contribution in [3.63, 3.8) is 0 Å². The summed E-state index contributed by atoms with van der Waals surface area (Å²) >= 11 is 0. The van der Waals surface area contributed by atoms with E-state index in [2.05, 4.69) is 17.2 Å². The molecule has 0 fully saturated rings. The number of unbranched alkanes of at least 4 members (excludes halogenated alkanes) is 8. The van der Waals surface area contributed by atoms with Crippen LogP contribution in [0.5, 0.6) is 5.75 Å². The highest BCUT2D eigenvalue weighted by molar-refractivity contribution is 5.47. The largest absolute Gasteiger partial charge is 0.508 e. The highest BCUT2D eigenvalue weighted by Crippen LogP contribution is 2.24. The molecule has 2 N–H and O–H groups in total. The zero-order valence-corrected chi connectivity index (χ0v) is 18.9. The lowest BCUT2D eigenvalue weighted by molar-refractivity contribution is 0.207. The number of hydrogen-bond acceptors (Lipinski definition) is 4. The number of azo groups is 1. The van der Waals surface area contributed by atoms with Gasteiger partial charge in [-0.05, 0) is 48.7 Å². The molecule has 0 aromatic heterocycles. The van der Waals surface area contributed by atoms with Gasteiger partial charge in [0.1, 0.15) is 5.75 Å². The molecule has 31 heavy (non-hydrogen) atoms. The van der Waals surface area contributed by atoms with Gasteiger partial charge in [-0.25, -0.2) is 0 Å². The standard InChI is InChI=1S/C27H38N2O2/c1-2-3-4-5-6-7-8-9-10-16-25(30)17-13-15-23-14-11-12-18-27(23)29-28-24-19-21-26(31)22-20-24/h11-14,17-22,25,30-31H,2-10,15-16H2,1H3. The van der Waals surface area contributed by atoms with Crippen LogP contribution in [0.3, 0.4) is 0 Å². The number of aliphatic hydroxyl groups is 1. The summed E-state index contributed by atoms with van der Waals surface area (Å²) in [5, 5.41) is 28.2. The molecule has 0 aliphatic heterocycles. The first-order valence-corrected chi connectivity index (χ1v) is 11.8. The van der Waals surface area contributed by atoms with Crippen LogP contribution in [0.25, 0.3) is 0 Å². The molecule has 0 aliphatic rings. The minimum atomic E-state index is -0.379. The maximum atomic E-state index is 10.2. The van der Waals surface area contributed by atoms with Crippen molar-refractivity contribution in [2.24, 2.45) is 10.2 Å². The molecule has 168 valence electrons. The summed E-state index contributed by atoms with van der Waals surface area (Å²) in [7, 11) is 0. The Morgan fingerprint density at radius 3 is 2.16 bits per heavy atom. The number of nitrogens with zero attached hydrogens (tertiary/aromatic N) is 2. The average Bonchev–Trinajstić information content (AvgIpc) is 2.78. The highest BCUT2D eigenvalue weighted by Gasteiger charge is 2.02. The maximum Gasteiger partial charge on any atom is 0.115 e. The van der Waals surface area contributed by atoms with Crippen LogP contribution < -0.4 is 0 Å². The van der Waals surface area contributed by atoms with Gasteiger partial charge in [0.15, 0.2) is 0 Å². The van der Waals surface area contributed by atoms with E-state index in [1.165, 1.54) is 51.4 Å². The molecule has 4 nitrogen and oxygen atoms in total. The predicted octanol–water partition coefficient (Wildman–Crippen LogP) is 8.19. The smallest absolute Gasteiger partial charge is 0.115 e. The average molecular weight is 423 g/mol. The van der Waals surface area contributed by atoms with Crippen LogP contribution in [0.15, 0.2) is 70.9 Å². The van der Waals surface area contributed by atoms with Gasteiger partial charge in [0.25, 0.3) is 0 Å². The summed E-state index contributed by atoms with van der Waals surface area (Å²) in [5.41, 5.74) is 2.57. The molecule has 0 saturated carbocycles. The van der Waals surface area contributed by atoms with Crippen molar-refractivity contribution in [3.8, 4) is 5.75 Å². The van der Waals surface area contributed by atoms with E-state index in [-0.39, 0.29) is 11.9 Å². The second-order valence-corrected chi connectivity index (χ2v) is 8.16. The molecule has 0 amide bonds. The van der Waals surface area contributed by atoms with Crippen LogP contribution in [0.1, 0.15) is 76.7 Å². The molecule has 1 unspecified atom stereocenters.